The van der Waals surface area contributed by atoms with E-state index in [0.717, 1.165) is 0 Å². The maximum atomic E-state index is 11.5. The highest BCUT2D eigenvalue weighted by Crippen LogP contribution is 2.46. The van der Waals surface area contributed by atoms with Gasteiger partial charge in [0, 0.05) is 0 Å². The molecule has 0 fully saturated rings. The van der Waals surface area contributed by atoms with Gasteiger partial charge in [0.05, 0.1) is 36.8 Å². The molecule has 1 aliphatic rings. The van der Waals surface area contributed by atoms with Gasteiger partial charge in [0.1, 0.15) is 17.1 Å². The average molecular weight is 325 g/mol. The minimum Gasteiger partial charge on any atom is -0.495 e. The van der Waals surface area contributed by atoms with Crippen molar-refractivity contribution < 1.29 is 23.8 Å². The van der Waals surface area contributed by atoms with Gasteiger partial charge in [-0.15, -0.1) is 0 Å². The topological polar surface area (TPSA) is 61.8 Å². The van der Waals surface area contributed by atoms with Gasteiger partial charge in [0.15, 0.2) is 6.29 Å². The Morgan fingerprint density at radius 3 is 2.68 bits per heavy atom. The monoisotopic (exact) mass is 324 g/mol. The van der Waals surface area contributed by atoms with Gasteiger partial charge >= 0.3 is 5.97 Å². The fourth-order valence-corrected chi connectivity index (χ4v) is 2.66. The number of carbonyl (C=O) groups excluding carboxylic acids is 2. The summed E-state index contributed by atoms with van der Waals surface area (Å²) < 4.78 is 15.9. The van der Waals surface area contributed by atoms with Crippen LogP contribution in [0, 0.1) is 6.92 Å². The first kappa shape index (κ1) is 16.4. The number of fused-ring (bicyclic) bond motifs is 1. The minimum absolute atomic E-state index is 0.0482. The molecule has 2 rings (SSSR count). The molecule has 1 heterocycles. The smallest absolute Gasteiger partial charge is 0.309 e. The van der Waals surface area contributed by atoms with Crippen LogP contribution in [0.15, 0.2) is 6.08 Å². The van der Waals surface area contributed by atoms with E-state index in [1.165, 1.54) is 14.2 Å². The minimum atomic E-state index is -0.871. The molecule has 6 heteroatoms. The van der Waals surface area contributed by atoms with Crippen molar-refractivity contribution in [1.82, 2.24) is 0 Å². The van der Waals surface area contributed by atoms with Gasteiger partial charge in [-0.25, -0.2) is 0 Å². The third-order valence-corrected chi connectivity index (χ3v) is 4.10. The van der Waals surface area contributed by atoms with E-state index in [1.807, 2.05) is 0 Å². The van der Waals surface area contributed by atoms with Crippen molar-refractivity contribution in [2.24, 2.45) is 0 Å². The van der Waals surface area contributed by atoms with Crippen molar-refractivity contribution in [2.75, 3.05) is 14.2 Å². The summed E-state index contributed by atoms with van der Waals surface area (Å²) in [6, 6.07) is 0. The lowest BCUT2D eigenvalue weighted by atomic mass is 9.94. The number of ether oxygens (including phenoxy) is 3. The van der Waals surface area contributed by atoms with Crippen molar-refractivity contribution in [3.8, 4) is 11.5 Å². The van der Waals surface area contributed by atoms with Crippen LogP contribution in [0.5, 0.6) is 11.5 Å². The third kappa shape index (κ3) is 2.68. The summed E-state index contributed by atoms with van der Waals surface area (Å²) in [5.74, 6) is 0.415. The quantitative estimate of drug-likeness (QED) is 0.628. The maximum absolute atomic E-state index is 11.5. The van der Waals surface area contributed by atoms with E-state index in [-0.39, 0.29) is 12.4 Å². The SMILES string of the molecule is COC(=O)CC1(C)C=Cc2c(c(Cl)c(C)c(C=O)c2OC)O1. The van der Waals surface area contributed by atoms with Crippen LogP contribution < -0.4 is 9.47 Å². The fourth-order valence-electron chi connectivity index (χ4n) is 2.42. The molecule has 0 saturated heterocycles. The zero-order valence-corrected chi connectivity index (χ0v) is 13.6. The first-order valence-corrected chi connectivity index (χ1v) is 7.05. The molecule has 22 heavy (non-hydrogen) atoms. The number of methoxy groups -OCH3 is 2. The highest BCUT2D eigenvalue weighted by Gasteiger charge is 2.34. The predicted octanol–water partition coefficient (Wildman–Crippen LogP) is 3.20. The van der Waals surface area contributed by atoms with Crippen LogP contribution in [0.4, 0.5) is 0 Å². The fraction of sp³-hybridized carbons (Fsp3) is 0.375. The molecule has 0 aromatic heterocycles. The molecule has 1 atom stereocenters. The van der Waals surface area contributed by atoms with Gasteiger partial charge < -0.3 is 14.2 Å². The highest BCUT2D eigenvalue weighted by atomic mass is 35.5. The molecule has 118 valence electrons. The van der Waals surface area contributed by atoms with Gasteiger partial charge in [-0.3, -0.25) is 9.59 Å². The van der Waals surface area contributed by atoms with Crippen molar-refractivity contribution >= 4 is 29.9 Å². The number of hydrogen-bond donors (Lipinski definition) is 0. The highest BCUT2D eigenvalue weighted by molar-refractivity contribution is 6.33. The first-order valence-electron chi connectivity index (χ1n) is 6.67. The van der Waals surface area contributed by atoms with Crippen LogP contribution in [0.2, 0.25) is 5.02 Å². The van der Waals surface area contributed by atoms with Crippen LogP contribution in [0.1, 0.15) is 34.8 Å². The molecule has 0 bridgehead atoms. The Morgan fingerprint density at radius 1 is 1.45 bits per heavy atom. The van der Waals surface area contributed by atoms with Gasteiger partial charge in [0.25, 0.3) is 0 Å². The second-order valence-electron chi connectivity index (χ2n) is 5.25. The Bertz CT molecular complexity index is 665. The third-order valence-electron chi connectivity index (χ3n) is 3.65. The van der Waals surface area contributed by atoms with Crippen LogP contribution in [-0.2, 0) is 9.53 Å². The van der Waals surface area contributed by atoms with E-state index < -0.39 is 5.60 Å². The standard InChI is InChI=1S/C16H17ClO5/c1-9-11(8-18)14(21-4)10-5-6-16(2,7-12(19)20-3)22-15(10)13(9)17/h5-6,8H,7H2,1-4H3. The molecule has 1 aromatic carbocycles. The molecule has 0 aliphatic carbocycles. The number of aldehydes is 1. The van der Waals surface area contributed by atoms with Gasteiger partial charge in [-0.1, -0.05) is 11.6 Å². The second-order valence-corrected chi connectivity index (χ2v) is 5.63. The Kier molecular flexibility index (Phi) is 4.47. The van der Waals surface area contributed by atoms with E-state index in [0.29, 0.717) is 39.5 Å². The number of carbonyl (C=O) groups is 2. The summed E-state index contributed by atoms with van der Waals surface area (Å²) >= 11 is 6.33. The Morgan fingerprint density at radius 2 is 2.14 bits per heavy atom. The first-order chi connectivity index (χ1) is 10.4. The van der Waals surface area contributed by atoms with Crippen molar-refractivity contribution in [1.29, 1.82) is 0 Å². The molecule has 0 N–H and O–H groups in total. The number of esters is 1. The Hall–Kier alpha value is -2.01. The lowest BCUT2D eigenvalue weighted by Gasteiger charge is -2.32. The van der Waals surface area contributed by atoms with Crippen LogP contribution in [0.25, 0.3) is 6.08 Å². The molecule has 1 aliphatic heterocycles. The summed E-state index contributed by atoms with van der Waals surface area (Å²) in [5.41, 5.74) is 0.672. The zero-order valence-electron chi connectivity index (χ0n) is 12.9. The summed E-state index contributed by atoms with van der Waals surface area (Å²) in [4.78, 5) is 22.8. The number of rotatable bonds is 4. The van der Waals surface area contributed by atoms with E-state index in [9.17, 15) is 9.59 Å². The normalized spacial score (nSPS) is 19.1. The average Bonchev–Trinajstić information content (AvgIpc) is 2.50. The zero-order chi connectivity index (χ0) is 16.5. The summed E-state index contributed by atoms with van der Waals surface area (Å²) in [5, 5.41) is 0.332. The summed E-state index contributed by atoms with van der Waals surface area (Å²) in [7, 11) is 2.80. The van der Waals surface area contributed by atoms with Crippen molar-refractivity contribution in [2.45, 2.75) is 25.9 Å². The molecular weight excluding hydrogens is 308 g/mol. The number of benzene rings is 1. The maximum Gasteiger partial charge on any atom is 0.309 e. The Labute approximate surface area is 133 Å². The summed E-state index contributed by atoms with van der Waals surface area (Å²) in [6.45, 7) is 3.48. The molecule has 0 radical (unpaired) electrons. The van der Waals surface area contributed by atoms with Gasteiger partial charge in [0.2, 0.25) is 0 Å². The molecule has 1 aromatic rings. The van der Waals surface area contributed by atoms with E-state index in [1.54, 1.807) is 26.0 Å². The van der Waals surface area contributed by atoms with E-state index in [4.69, 9.17) is 21.1 Å². The largest absolute Gasteiger partial charge is 0.495 e. The molecule has 0 saturated carbocycles. The van der Waals surface area contributed by atoms with Gasteiger partial charge in [-0.2, -0.15) is 0 Å². The van der Waals surface area contributed by atoms with Crippen LogP contribution in [0.3, 0.4) is 0 Å². The molecule has 0 spiro atoms. The van der Waals surface area contributed by atoms with Crippen LogP contribution in [-0.4, -0.2) is 32.1 Å². The number of hydrogen-bond acceptors (Lipinski definition) is 5. The molecule has 0 amide bonds. The van der Waals surface area contributed by atoms with Gasteiger partial charge in [-0.05, 0) is 31.6 Å². The molecule has 5 nitrogen and oxygen atoms in total. The van der Waals surface area contributed by atoms with E-state index in [2.05, 4.69) is 4.74 Å². The predicted molar refractivity (Wildman–Crippen MR) is 82.8 cm³/mol. The van der Waals surface area contributed by atoms with Crippen molar-refractivity contribution in [3.63, 3.8) is 0 Å². The molecular formula is C16H17ClO5. The number of halogens is 1. The second kappa shape index (κ2) is 6.01. The molecule has 1 unspecified atom stereocenters. The Balaban J connectivity index is 2.56. The van der Waals surface area contributed by atoms with Crippen LogP contribution >= 0.6 is 11.6 Å². The summed E-state index contributed by atoms with van der Waals surface area (Å²) in [6.07, 6.45) is 4.23. The van der Waals surface area contributed by atoms with E-state index >= 15 is 0 Å². The van der Waals surface area contributed by atoms with Crippen molar-refractivity contribution in [3.05, 3.63) is 27.8 Å². The lowest BCUT2D eigenvalue weighted by Crippen LogP contribution is -2.35. The lowest BCUT2D eigenvalue weighted by molar-refractivity contribution is -0.143.